The van der Waals surface area contributed by atoms with Gasteiger partial charge >= 0.3 is 0 Å². The minimum absolute atomic E-state index is 0.0168. The van der Waals surface area contributed by atoms with Crippen molar-refractivity contribution in [1.82, 2.24) is 14.9 Å². The molecule has 0 spiro atoms. The number of hydrogen-bond acceptors (Lipinski definition) is 3. The molecule has 3 aromatic rings. The molecular weight excluding hydrogens is 314 g/mol. The molecule has 0 saturated carbocycles. The minimum Gasteiger partial charge on any atom is -0.448 e. The van der Waals surface area contributed by atoms with Crippen LogP contribution in [0.15, 0.2) is 35.2 Å². The summed E-state index contributed by atoms with van der Waals surface area (Å²) in [5.74, 6) is 1.07. The Kier molecular flexibility index (Phi) is 4.07. The molecule has 4 rings (SSSR count). The van der Waals surface area contributed by atoms with Crippen LogP contribution in [0.1, 0.15) is 53.1 Å². The number of oxazole rings is 1. The second-order valence-corrected chi connectivity index (χ2v) is 6.76. The summed E-state index contributed by atoms with van der Waals surface area (Å²) >= 11 is 0. The van der Waals surface area contributed by atoms with Gasteiger partial charge in [-0.3, -0.25) is 4.79 Å². The van der Waals surface area contributed by atoms with E-state index in [4.69, 9.17) is 4.42 Å². The maximum Gasteiger partial charge on any atom is 0.276 e. The Morgan fingerprint density at radius 3 is 2.84 bits per heavy atom. The van der Waals surface area contributed by atoms with Crippen molar-refractivity contribution in [2.45, 2.75) is 39.0 Å². The van der Waals surface area contributed by atoms with E-state index < -0.39 is 0 Å². The number of nitrogens with zero attached hydrogens (tertiary/aromatic N) is 2. The summed E-state index contributed by atoms with van der Waals surface area (Å²) in [7, 11) is 0. The molecule has 0 unspecified atom stereocenters. The number of likely N-dealkylation sites (tertiary alicyclic amines) is 1. The minimum atomic E-state index is -0.0168. The fraction of sp³-hybridized carbons (Fsp3) is 0.400. The highest BCUT2D eigenvalue weighted by Gasteiger charge is 2.28. The standard InChI is InChI=1S/C20H23N3O2/c1-3-14-5-4-6-16-17(11-21-19(14)16)15-7-9-23(10-8-15)20(24)18-13(2)25-12-22-18/h4-6,11-12,15,21H,3,7-10H2,1-2H3. The Balaban J connectivity index is 1.51. The van der Waals surface area contributed by atoms with Crippen LogP contribution in [0.4, 0.5) is 0 Å². The highest BCUT2D eigenvalue weighted by molar-refractivity contribution is 5.93. The number of carbonyl (C=O) groups is 1. The number of carbonyl (C=O) groups excluding carboxylic acids is 1. The average Bonchev–Trinajstić information content (AvgIpc) is 3.27. The van der Waals surface area contributed by atoms with Gasteiger partial charge in [0, 0.05) is 30.2 Å². The Morgan fingerprint density at radius 1 is 1.36 bits per heavy atom. The van der Waals surface area contributed by atoms with E-state index >= 15 is 0 Å². The zero-order chi connectivity index (χ0) is 17.4. The van der Waals surface area contributed by atoms with Gasteiger partial charge in [0.15, 0.2) is 12.1 Å². The number of H-pyrrole nitrogens is 1. The van der Waals surface area contributed by atoms with Crippen LogP contribution < -0.4 is 0 Å². The van der Waals surface area contributed by atoms with Crippen LogP contribution in [0.3, 0.4) is 0 Å². The summed E-state index contributed by atoms with van der Waals surface area (Å²) in [6.45, 7) is 5.49. The van der Waals surface area contributed by atoms with Crippen molar-refractivity contribution in [3.05, 3.63) is 53.4 Å². The van der Waals surface area contributed by atoms with E-state index in [0.29, 0.717) is 17.4 Å². The molecule has 0 aliphatic carbocycles. The molecule has 130 valence electrons. The lowest BCUT2D eigenvalue weighted by atomic mass is 9.88. The second-order valence-electron chi connectivity index (χ2n) is 6.76. The summed E-state index contributed by atoms with van der Waals surface area (Å²) in [6.07, 6.45) is 6.49. The van der Waals surface area contributed by atoms with Gasteiger partial charge in [-0.1, -0.05) is 25.1 Å². The third-order valence-corrected chi connectivity index (χ3v) is 5.38. The van der Waals surface area contributed by atoms with Crippen LogP contribution in [-0.4, -0.2) is 33.9 Å². The second kappa shape index (κ2) is 6.39. The van der Waals surface area contributed by atoms with Gasteiger partial charge in [0.25, 0.3) is 5.91 Å². The molecule has 1 saturated heterocycles. The number of para-hydroxylation sites is 1. The molecule has 1 aliphatic heterocycles. The van der Waals surface area contributed by atoms with Crippen molar-refractivity contribution in [2.24, 2.45) is 0 Å². The molecule has 5 heteroatoms. The van der Waals surface area contributed by atoms with Gasteiger partial charge in [-0.05, 0) is 43.2 Å². The van der Waals surface area contributed by atoms with E-state index in [9.17, 15) is 4.79 Å². The Bertz CT molecular complexity index is 901. The zero-order valence-corrected chi connectivity index (χ0v) is 14.7. The number of piperidine rings is 1. The first-order valence-electron chi connectivity index (χ1n) is 8.97. The largest absolute Gasteiger partial charge is 0.448 e. The highest BCUT2D eigenvalue weighted by Crippen LogP contribution is 2.34. The predicted molar refractivity (Wildman–Crippen MR) is 96.8 cm³/mol. The Morgan fingerprint density at radius 2 is 2.16 bits per heavy atom. The van der Waals surface area contributed by atoms with Crippen molar-refractivity contribution in [1.29, 1.82) is 0 Å². The molecular formula is C20H23N3O2. The molecule has 2 aromatic heterocycles. The predicted octanol–water partition coefficient (Wildman–Crippen LogP) is 4.05. The van der Waals surface area contributed by atoms with Gasteiger partial charge in [-0.15, -0.1) is 0 Å². The normalized spacial score (nSPS) is 15.8. The number of hydrogen-bond donors (Lipinski definition) is 1. The first kappa shape index (κ1) is 15.9. The monoisotopic (exact) mass is 337 g/mol. The summed E-state index contributed by atoms with van der Waals surface area (Å²) in [6, 6.07) is 6.53. The van der Waals surface area contributed by atoms with Gasteiger partial charge in [-0.25, -0.2) is 4.98 Å². The summed E-state index contributed by atoms with van der Waals surface area (Å²) in [4.78, 5) is 22.0. The molecule has 1 aliphatic rings. The molecule has 1 amide bonds. The molecule has 5 nitrogen and oxygen atoms in total. The average molecular weight is 337 g/mol. The lowest BCUT2D eigenvalue weighted by molar-refractivity contribution is 0.0706. The van der Waals surface area contributed by atoms with Crippen molar-refractivity contribution >= 4 is 16.8 Å². The third kappa shape index (κ3) is 2.73. The Hall–Kier alpha value is -2.56. The van der Waals surface area contributed by atoms with Crippen LogP contribution in [0.2, 0.25) is 0 Å². The van der Waals surface area contributed by atoms with Crippen LogP contribution in [0.25, 0.3) is 10.9 Å². The van der Waals surface area contributed by atoms with Crippen LogP contribution >= 0.6 is 0 Å². The molecule has 1 fully saturated rings. The lowest BCUT2D eigenvalue weighted by Crippen LogP contribution is -2.38. The fourth-order valence-corrected chi connectivity index (χ4v) is 3.93. The Labute approximate surface area is 147 Å². The number of aromatic nitrogens is 2. The van der Waals surface area contributed by atoms with E-state index in [0.717, 1.165) is 32.4 Å². The van der Waals surface area contributed by atoms with Gasteiger partial charge in [0.1, 0.15) is 5.76 Å². The van der Waals surface area contributed by atoms with E-state index in [-0.39, 0.29) is 5.91 Å². The number of amides is 1. The van der Waals surface area contributed by atoms with Crippen LogP contribution in [-0.2, 0) is 6.42 Å². The number of fused-ring (bicyclic) bond motifs is 1. The smallest absolute Gasteiger partial charge is 0.276 e. The van der Waals surface area contributed by atoms with Crippen molar-refractivity contribution in [2.75, 3.05) is 13.1 Å². The zero-order valence-electron chi connectivity index (χ0n) is 14.7. The summed E-state index contributed by atoms with van der Waals surface area (Å²) < 4.78 is 5.16. The summed E-state index contributed by atoms with van der Waals surface area (Å²) in [5, 5.41) is 1.33. The number of aromatic amines is 1. The van der Waals surface area contributed by atoms with E-state index in [1.807, 2.05) is 4.90 Å². The topological polar surface area (TPSA) is 62.1 Å². The maximum absolute atomic E-state index is 12.6. The number of nitrogens with one attached hydrogen (secondary N) is 1. The van der Waals surface area contributed by atoms with E-state index in [2.05, 4.69) is 41.3 Å². The van der Waals surface area contributed by atoms with E-state index in [1.54, 1.807) is 6.92 Å². The molecule has 1 aromatic carbocycles. The van der Waals surface area contributed by atoms with Gasteiger partial charge in [0.05, 0.1) is 0 Å². The van der Waals surface area contributed by atoms with Gasteiger partial charge < -0.3 is 14.3 Å². The molecule has 0 radical (unpaired) electrons. The van der Waals surface area contributed by atoms with Crippen molar-refractivity contribution in [3.8, 4) is 0 Å². The molecule has 25 heavy (non-hydrogen) atoms. The lowest BCUT2D eigenvalue weighted by Gasteiger charge is -2.31. The number of rotatable bonds is 3. The molecule has 0 bridgehead atoms. The van der Waals surface area contributed by atoms with Crippen LogP contribution in [0.5, 0.6) is 0 Å². The summed E-state index contributed by atoms with van der Waals surface area (Å²) in [5.41, 5.74) is 4.45. The van der Waals surface area contributed by atoms with Gasteiger partial charge in [0.2, 0.25) is 0 Å². The third-order valence-electron chi connectivity index (χ3n) is 5.38. The van der Waals surface area contributed by atoms with E-state index in [1.165, 1.54) is 28.4 Å². The van der Waals surface area contributed by atoms with Crippen LogP contribution in [0, 0.1) is 6.92 Å². The van der Waals surface area contributed by atoms with Gasteiger partial charge in [-0.2, -0.15) is 0 Å². The maximum atomic E-state index is 12.6. The first-order valence-corrected chi connectivity index (χ1v) is 8.97. The molecule has 1 N–H and O–H groups in total. The quantitative estimate of drug-likeness (QED) is 0.784. The fourth-order valence-electron chi connectivity index (χ4n) is 3.93. The van der Waals surface area contributed by atoms with Crippen molar-refractivity contribution in [3.63, 3.8) is 0 Å². The highest BCUT2D eigenvalue weighted by atomic mass is 16.3. The first-order chi connectivity index (χ1) is 12.2. The molecule has 0 atom stereocenters. The number of benzene rings is 1. The molecule has 3 heterocycles. The van der Waals surface area contributed by atoms with Crippen molar-refractivity contribution < 1.29 is 9.21 Å². The number of aryl methyl sites for hydroxylation is 2. The SMILES string of the molecule is CCc1cccc2c(C3CCN(C(=O)c4ncoc4C)CC3)c[nH]c12.